The van der Waals surface area contributed by atoms with Crippen molar-refractivity contribution < 1.29 is 29.0 Å². The minimum absolute atomic E-state index is 0.0617. The molecule has 0 aliphatic heterocycles. The number of ether oxygens (including phenoxy) is 1. The summed E-state index contributed by atoms with van der Waals surface area (Å²) in [4.78, 5) is 27.7. The van der Waals surface area contributed by atoms with Gasteiger partial charge in [0.25, 0.3) is 0 Å². The molecule has 0 saturated heterocycles. The molecule has 3 N–H and O–H groups in total. The normalized spacial score (nSPS) is 11.1. The van der Waals surface area contributed by atoms with Crippen LogP contribution in [0.15, 0.2) is 24.3 Å². The Morgan fingerprint density at radius 2 is 1.93 bits per heavy atom. The van der Waals surface area contributed by atoms with E-state index in [0.717, 1.165) is 0 Å². The summed E-state index contributed by atoms with van der Waals surface area (Å²) in [5, 5.41) is 8.37. The Morgan fingerprint density at radius 1 is 1.33 bits per heavy atom. The van der Waals surface area contributed by atoms with E-state index in [-0.39, 0.29) is 11.3 Å². The maximum absolute atomic E-state index is 10.7. The van der Waals surface area contributed by atoms with Crippen LogP contribution in [-0.2, 0) is 10.7 Å². The summed E-state index contributed by atoms with van der Waals surface area (Å²) < 4.78 is 15.1. The summed E-state index contributed by atoms with van der Waals surface area (Å²) in [5.41, 5.74) is 0.160. The molecule has 0 radical (unpaired) electrons. The van der Waals surface area contributed by atoms with E-state index >= 15 is 0 Å². The average Bonchev–Trinajstić information content (AvgIpc) is 2.05. The van der Waals surface area contributed by atoms with Crippen molar-refractivity contribution in [3.8, 4) is 5.75 Å². The molecule has 82 valence electrons. The fourth-order valence-electron chi connectivity index (χ4n) is 1.05. The highest BCUT2D eigenvalue weighted by Crippen LogP contribution is 2.41. The molecular formula is C8H9O6P. The van der Waals surface area contributed by atoms with Gasteiger partial charge in [-0.15, -0.1) is 0 Å². The maximum atomic E-state index is 10.7. The van der Waals surface area contributed by atoms with Gasteiger partial charge in [-0.05, 0) is 6.07 Å². The highest BCUT2D eigenvalue weighted by molar-refractivity contribution is 7.50. The topological polar surface area (TPSA) is 104 Å². The van der Waals surface area contributed by atoms with E-state index in [4.69, 9.17) is 14.9 Å². The van der Waals surface area contributed by atoms with E-state index < -0.39 is 19.9 Å². The Balaban J connectivity index is 2.96. The Labute approximate surface area is 85.3 Å². The van der Waals surface area contributed by atoms with Crippen LogP contribution in [0.1, 0.15) is 5.56 Å². The average molecular weight is 232 g/mol. The number of hydrogen-bond acceptors (Lipinski definition) is 3. The first-order valence-electron chi connectivity index (χ1n) is 3.92. The summed E-state index contributed by atoms with van der Waals surface area (Å²) in [5.74, 6) is -0.0617. The molecule has 1 rings (SSSR count). The first-order chi connectivity index (χ1) is 6.88. The van der Waals surface area contributed by atoms with Crippen molar-refractivity contribution in [2.45, 2.75) is 6.16 Å². The number of hydrogen-bond donors (Lipinski definition) is 3. The molecule has 0 aliphatic carbocycles. The Hall–Kier alpha value is -1.36. The molecule has 6 nitrogen and oxygen atoms in total. The lowest BCUT2D eigenvalue weighted by Gasteiger charge is -2.08. The molecule has 1 aromatic rings. The monoisotopic (exact) mass is 232 g/mol. The van der Waals surface area contributed by atoms with E-state index in [1.54, 1.807) is 6.07 Å². The van der Waals surface area contributed by atoms with Crippen molar-refractivity contribution in [3.63, 3.8) is 0 Å². The van der Waals surface area contributed by atoms with Crippen LogP contribution in [0.5, 0.6) is 5.75 Å². The minimum atomic E-state index is -4.23. The van der Waals surface area contributed by atoms with Crippen molar-refractivity contribution in [2.75, 3.05) is 0 Å². The van der Waals surface area contributed by atoms with Crippen LogP contribution < -0.4 is 4.74 Å². The third kappa shape index (κ3) is 4.12. The molecule has 0 atom stereocenters. The van der Waals surface area contributed by atoms with Crippen molar-refractivity contribution in [3.05, 3.63) is 29.8 Å². The highest BCUT2D eigenvalue weighted by Gasteiger charge is 2.18. The van der Waals surface area contributed by atoms with Gasteiger partial charge >= 0.3 is 13.8 Å². The second kappa shape index (κ2) is 4.44. The van der Waals surface area contributed by atoms with Gasteiger partial charge in [0.05, 0.1) is 6.16 Å². The van der Waals surface area contributed by atoms with E-state index in [9.17, 15) is 9.36 Å². The molecule has 0 heterocycles. The van der Waals surface area contributed by atoms with Crippen LogP contribution >= 0.6 is 7.60 Å². The third-order valence-electron chi connectivity index (χ3n) is 1.55. The lowest BCUT2D eigenvalue weighted by Crippen LogP contribution is -2.05. The molecule has 15 heavy (non-hydrogen) atoms. The van der Waals surface area contributed by atoms with Gasteiger partial charge in [-0.2, -0.15) is 0 Å². The predicted octanol–water partition coefficient (Wildman–Crippen LogP) is 1.42. The molecule has 0 bridgehead atoms. The van der Waals surface area contributed by atoms with E-state index in [0.29, 0.717) is 0 Å². The number of para-hydroxylation sites is 1. The summed E-state index contributed by atoms with van der Waals surface area (Å²) >= 11 is 0. The Kier molecular flexibility index (Phi) is 3.47. The summed E-state index contributed by atoms with van der Waals surface area (Å²) in [7, 11) is -4.23. The molecule has 1 aromatic carbocycles. The second-order valence-electron chi connectivity index (χ2n) is 2.80. The molecule has 0 saturated carbocycles. The van der Waals surface area contributed by atoms with E-state index in [2.05, 4.69) is 4.74 Å². The molecule has 0 aromatic heterocycles. The third-order valence-corrected chi connectivity index (χ3v) is 2.30. The highest BCUT2D eigenvalue weighted by atomic mass is 31.2. The number of rotatable bonds is 3. The quantitative estimate of drug-likeness (QED) is 0.413. The van der Waals surface area contributed by atoms with Gasteiger partial charge in [-0.1, -0.05) is 18.2 Å². The fourth-order valence-corrected chi connectivity index (χ4v) is 1.76. The Morgan fingerprint density at radius 3 is 2.47 bits per heavy atom. The molecule has 0 amide bonds. The van der Waals surface area contributed by atoms with Gasteiger partial charge in [0.2, 0.25) is 0 Å². The summed E-state index contributed by atoms with van der Waals surface area (Å²) in [6, 6.07) is 5.79. The zero-order valence-electron chi connectivity index (χ0n) is 7.53. The van der Waals surface area contributed by atoms with Crippen molar-refractivity contribution in [2.24, 2.45) is 0 Å². The number of benzene rings is 1. The van der Waals surface area contributed by atoms with Gasteiger partial charge in [-0.3, -0.25) is 4.57 Å². The van der Waals surface area contributed by atoms with Gasteiger partial charge < -0.3 is 19.6 Å². The molecular weight excluding hydrogens is 223 g/mol. The SMILES string of the molecule is O=C(O)Oc1ccccc1CP(=O)(O)O. The van der Waals surface area contributed by atoms with Crippen LogP contribution in [0.3, 0.4) is 0 Å². The zero-order valence-corrected chi connectivity index (χ0v) is 8.42. The van der Waals surface area contributed by atoms with Crippen molar-refractivity contribution in [1.82, 2.24) is 0 Å². The lowest BCUT2D eigenvalue weighted by atomic mass is 10.2. The minimum Gasteiger partial charge on any atom is -0.449 e. The van der Waals surface area contributed by atoms with Gasteiger partial charge in [-0.25, -0.2) is 4.79 Å². The van der Waals surface area contributed by atoms with Gasteiger partial charge in [0.15, 0.2) is 0 Å². The van der Waals surface area contributed by atoms with Gasteiger partial charge in [0, 0.05) is 5.56 Å². The van der Waals surface area contributed by atoms with E-state index in [1.807, 2.05) is 0 Å². The number of carbonyl (C=O) groups is 1. The van der Waals surface area contributed by atoms with Crippen LogP contribution in [0.2, 0.25) is 0 Å². The maximum Gasteiger partial charge on any atom is 0.511 e. The first kappa shape index (κ1) is 11.7. The van der Waals surface area contributed by atoms with Crippen LogP contribution in [-0.4, -0.2) is 21.0 Å². The lowest BCUT2D eigenvalue weighted by molar-refractivity contribution is 0.144. The van der Waals surface area contributed by atoms with Crippen LogP contribution in [0.25, 0.3) is 0 Å². The molecule has 0 aliphatic rings. The summed E-state index contributed by atoms with van der Waals surface area (Å²) in [6.45, 7) is 0. The van der Waals surface area contributed by atoms with Gasteiger partial charge in [0.1, 0.15) is 5.75 Å². The van der Waals surface area contributed by atoms with Crippen LogP contribution in [0, 0.1) is 0 Å². The zero-order chi connectivity index (χ0) is 11.5. The van der Waals surface area contributed by atoms with Crippen molar-refractivity contribution in [1.29, 1.82) is 0 Å². The second-order valence-corrected chi connectivity index (χ2v) is 4.44. The Bertz CT molecular complexity index is 409. The predicted molar refractivity (Wildman–Crippen MR) is 50.8 cm³/mol. The largest absolute Gasteiger partial charge is 0.511 e. The number of carboxylic acid groups (broad SMARTS) is 1. The standard InChI is InChI=1S/C8H9O6P/c9-8(10)14-7-4-2-1-3-6(7)5-15(11,12)13/h1-4H,5H2,(H,9,10)(H2,11,12,13). The molecule has 0 unspecified atom stereocenters. The molecule has 7 heteroatoms. The first-order valence-corrected chi connectivity index (χ1v) is 5.71. The van der Waals surface area contributed by atoms with Crippen molar-refractivity contribution >= 4 is 13.8 Å². The smallest absolute Gasteiger partial charge is 0.449 e. The molecule has 0 fully saturated rings. The fraction of sp³-hybridized carbons (Fsp3) is 0.125. The summed E-state index contributed by atoms with van der Waals surface area (Å²) in [6.07, 6.45) is -2.07. The molecule has 0 spiro atoms. The van der Waals surface area contributed by atoms with Crippen LogP contribution in [0.4, 0.5) is 4.79 Å². The van der Waals surface area contributed by atoms with E-state index in [1.165, 1.54) is 18.2 Å².